The zero-order chi connectivity index (χ0) is 30.1. The van der Waals surface area contributed by atoms with Crippen molar-refractivity contribution in [3.63, 3.8) is 0 Å². The van der Waals surface area contributed by atoms with Crippen molar-refractivity contribution < 1.29 is 19.1 Å². The molecule has 4 aromatic heterocycles. The van der Waals surface area contributed by atoms with Crippen LogP contribution in [-0.4, -0.2) is 77.5 Å². The molecule has 2 amide bonds. The molecule has 0 aliphatic carbocycles. The fourth-order valence-electron chi connectivity index (χ4n) is 5.11. The highest BCUT2D eigenvalue weighted by Gasteiger charge is 2.30. The first-order chi connectivity index (χ1) is 20.8. The predicted molar refractivity (Wildman–Crippen MR) is 152 cm³/mol. The smallest absolute Gasteiger partial charge is 0.405 e. The molecule has 43 heavy (non-hydrogen) atoms. The van der Waals surface area contributed by atoms with Crippen LogP contribution in [0.25, 0.3) is 28.0 Å². The lowest BCUT2D eigenvalue weighted by Gasteiger charge is -2.37. The molecule has 6 rings (SSSR count). The summed E-state index contributed by atoms with van der Waals surface area (Å²) in [5, 5.41) is 29.8. The second kappa shape index (κ2) is 11.2. The molecule has 13 nitrogen and oxygen atoms in total. The zero-order valence-corrected chi connectivity index (χ0v) is 22.9. The first-order valence-electron chi connectivity index (χ1n) is 13.3. The number of hydrogen-bond acceptors (Lipinski definition) is 8. The van der Waals surface area contributed by atoms with E-state index in [4.69, 9.17) is 4.98 Å². The molecule has 0 spiro atoms. The normalized spacial score (nSPS) is 14.0. The summed E-state index contributed by atoms with van der Waals surface area (Å²) in [6.45, 7) is 1.64. The molecule has 1 fully saturated rings. The van der Waals surface area contributed by atoms with Crippen molar-refractivity contribution in [1.29, 1.82) is 5.26 Å². The van der Waals surface area contributed by atoms with Crippen molar-refractivity contribution >= 4 is 23.3 Å². The second-order valence-corrected chi connectivity index (χ2v) is 9.99. The molecule has 1 saturated heterocycles. The number of amides is 2. The van der Waals surface area contributed by atoms with Gasteiger partial charge in [0.2, 0.25) is 5.91 Å². The summed E-state index contributed by atoms with van der Waals surface area (Å²) in [5.41, 5.74) is 4.03. The van der Waals surface area contributed by atoms with Crippen molar-refractivity contribution in [2.24, 2.45) is 7.05 Å². The standard InChI is InChI=1S/C29H25FN10O3/c1-37-16-21(15-33-37)23-17-40-27(20(12-31)14-34-40)25(35-23)19-4-7-24(32-13-19)38-8-10-39(11-9-38)28(41)26(36-29(42)43)18-2-5-22(30)6-3-18/h2-7,13-17,26,36H,8-11H2,1H3,(H,42,43). The van der Waals surface area contributed by atoms with E-state index in [1.807, 2.05) is 30.3 Å². The Hall–Kier alpha value is -5.84. The number of rotatable bonds is 6. The second-order valence-electron chi connectivity index (χ2n) is 9.99. The number of anilines is 1. The molecule has 5 heterocycles. The minimum absolute atomic E-state index is 0.345. The first-order valence-corrected chi connectivity index (χ1v) is 13.3. The molecule has 5 aromatic rings. The minimum atomic E-state index is -1.35. The van der Waals surface area contributed by atoms with E-state index < -0.39 is 23.9 Å². The Labute approximate surface area is 244 Å². The highest BCUT2D eigenvalue weighted by atomic mass is 19.1. The molecule has 0 radical (unpaired) electrons. The van der Waals surface area contributed by atoms with E-state index in [1.54, 1.807) is 32.7 Å². The van der Waals surface area contributed by atoms with Crippen LogP contribution in [0.3, 0.4) is 0 Å². The Balaban J connectivity index is 1.20. The summed E-state index contributed by atoms with van der Waals surface area (Å²) >= 11 is 0. The van der Waals surface area contributed by atoms with Crippen LogP contribution in [0.15, 0.2) is 67.4 Å². The van der Waals surface area contributed by atoms with E-state index in [-0.39, 0.29) is 0 Å². The number of benzene rings is 1. The van der Waals surface area contributed by atoms with Crippen LogP contribution in [0.4, 0.5) is 15.0 Å². The number of hydrogen-bond donors (Lipinski definition) is 2. The van der Waals surface area contributed by atoms with Crippen LogP contribution < -0.4 is 10.2 Å². The largest absolute Gasteiger partial charge is 0.465 e. The highest BCUT2D eigenvalue weighted by molar-refractivity contribution is 5.87. The van der Waals surface area contributed by atoms with Gasteiger partial charge in [-0.3, -0.25) is 9.48 Å². The van der Waals surface area contributed by atoms with Gasteiger partial charge in [0, 0.05) is 56.7 Å². The first kappa shape index (κ1) is 27.3. The number of fused-ring (bicyclic) bond motifs is 1. The van der Waals surface area contributed by atoms with Gasteiger partial charge < -0.3 is 20.2 Å². The number of carboxylic acid groups (broad SMARTS) is 1. The zero-order valence-electron chi connectivity index (χ0n) is 22.9. The summed E-state index contributed by atoms with van der Waals surface area (Å²) in [7, 11) is 1.82. The number of aromatic nitrogens is 6. The summed E-state index contributed by atoms with van der Waals surface area (Å²) in [6.07, 6.45) is 7.16. The molecule has 1 atom stereocenters. The number of halogens is 1. The third kappa shape index (κ3) is 5.43. The molecule has 1 unspecified atom stereocenters. The van der Waals surface area contributed by atoms with Gasteiger partial charge in [0.05, 0.1) is 30.0 Å². The van der Waals surface area contributed by atoms with Gasteiger partial charge in [-0.2, -0.15) is 15.5 Å². The van der Waals surface area contributed by atoms with Crippen molar-refractivity contribution in [3.05, 3.63) is 84.3 Å². The van der Waals surface area contributed by atoms with Gasteiger partial charge >= 0.3 is 6.09 Å². The Morgan fingerprint density at radius 2 is 1.77 bits per heavy atom. The SMILES string of the molecule is Cn1cc(-c2cn3ncc(C#N)c3c(-c3ccc(N4CCN(C(=O)C(NC(=O)O)c5ccc(F)cc5)CC4)nc3)n2)cn1. The van der Waals surface area contributed by atoms with Gasteiger partial charge in [0.25, 0.3) is 0 Å². The topological polar surface area (TPSA) is 158 Å². The van der Waals surface area contributed by atoms with Gasteiger partial charge in [-0.1, -0.05) is 12.1 Å². The van der Waals surface area contributed by atoms with Crippen molar-refractivity contribution in [3.8, 4) is 28.6 Å². The van der Waals surface area contributed by atoms with Crippen LogP contribution in [0.5, 0.6) is 0 Å². The number of nitriles is 1. The van der Waals surface area contributed by atoms with E-state index in [0.717, 1.165) is 5.56 Å². The van der Waals surface area contributed by atoms with Crippen molar-refractivity contribution in [2.75, 3.05) is 31.1 Å². The van der Waals surface area contributed by atoms with Gasteiger partial charge in [-0.15, -0.1) is 0 Å². The summed E-state index contributed by atoms with van der Waals surface area (Å²) in [6, 6.07) is 9.95. The van der Waals surface area contributed by atoms with Crippen LogP contribution >= 0.6 is 0 Å². The molecular formula is C29H25FN10O3. The molecule has 1 aliphatic rings. The van der Waals surface area contributed by atoms with E-state index in [0.29, 0.717) is 65.6 Å². The van der Waals surface area contributed by atoms with Gasteiger partial charge in [-0.25, -0.2) is 23.7 Å². The number of piperazine rings is 1. The summed E-state index contributed by atoms with van der Waals surface area (Å²) in [5.74, 6) is -0.188. The average Bonchev–Trinajstić information content (AvgIpc) is 3.65. The fourth-order valence-corrected chi connectivity index (χ4v) is 5.11. The van der Waals surface area contributed by atoms with Crippen LogP contribution in [0.2, 0.25) is 0 Å². The number of carbonyl (C=O) groups excluding carboxylic acids is 1. The van der Waals surface area contributed by atoms with Gasteiger partial charge in [0.15, 0.2) is 0 Å². The fraction of sp³-hybridized carbons (Fsp3) is 0.207. The summed E-state index contributed by atoms with van der Waals surface area (Å²) < 4.78 is 16.7. The molecule has 2 N–H and O–H groups in total. The third-order valence-electron chi connectivity index (χ3n) is 7.27. The summed E-state index contributed by atoms with van der Waals surface area (Å²) in [4.78, 5) is 37.8. The quantitative estimate of drug-likeness (QED) is 0.308. The molecule has 14 heteroatoms. The Morgan fingerprint density at radius 3 is 2.40 bits per heavy atom. The molecule has 0 bridgehead atoms. The maximum atomic E-state index is 13.4. The number of nitrogens with one attached hydrogen (secondary N) is 1. The molecule has 0 saturated carbocycles. The molecule has 216 valence electrons. The predicted octanol–water partition coefficient (Wildman–Crippen LogP) is 2.86. The van der Waals surface area contributed by atoms with Gasteiger partial charge in [-0.05, 0) is 29.8 Å². The Kier molecular flexibility index (Phi) is 7.12. The number of pyridine rings is 1. The molecular weight excluding hydrogens is 555 g/mol. The maximum absolute atomic E-state index is 13.4. The monoisotopic (exact) mass is 580 g/mol. The average molecular weight is 581 g/mol. The van der Waals surface area contributed by atoms with E-state index in [2.05, 4.69) is 26.6 Å². The van der Waals surface area contributed by atoms with Crippen LogP contribution in [0.1, 0.15) is 17.2 Å². The van der Waals surface area contributed by atoms with Gasteiger partial charge in [0.1, 0.15) is 34.8 Å². The lowest BCUT2D eigenvalue weighted by molar-refractivity contribution is -0.133. The number of carbonyl (C=O) groups is 2. The highest BCUT2D eigenvalue weighted by Crippen LogP contribution is 2.29. The number of aryl methyl sites for hydroxylation is 1. The van der Waals surface area contributed by atoms with Crippen molar-refractivity contribution in [1.82, 2.24) is 39.6 Å². The van der Waals surface area contributed by atoms with Crippen LogP contribution in [0, 0.1) is 17.1 Å². The molecule has 1 aliphatic heterocycles. The van der Waals surface area contributed by atoms with E-state index in [9.17, 15) is 24.3 Å². The Morgan fingerprint density at radius 1 is 1.00 bits per heavy atom. The van der Waals surface area contributed by atoms with Crippen LogP contribution in [-0.2, 0) is 11.8 Å². The maximum Gasteiger partial charge on any atom is 0.405 e. The van der Waals surface area contributed by atoms with E-state index >= 15 is 0 Å². The molecule has 1 aromatic carbocycles. The minimum Gasteiger partial charge on any atom is -0.465 e. The Bertz CT molecular complexity index is 1850. The lowest BCUT2D eigenvalue weighted by atomic mass is 10.0. The third-order valence-corrected chi connectivity index (χ3v) is 7.27. The van der Waals surface area contributed by atoms with E-state index in [1.165, 1.54) is 30.5 Å². The number of nitrogens with zero attached hydrogens (tertiary/aromatic N) is 9. The lowest BCUT2D eigenvalue weighted by Crippen LogP contribution is -2.52. The van der Waals surface area contributed by atoms with Crippen molar-refractivity contribution in [2.45, 2.75) is 6.04 Å².